The molecule has 0 aliphatic carbocycles. The van der Waals surface area contributed by atoms with E-state index in [1.54, 1.807) is 31.2 Å². The van der Waals surface area contributed by atoms with Gasteiger partial charge in [-0.3, -0.25) is 9.59 Å². The number of ether oxygens (including phenoxy) is 4. The zero-order chi connectivity index (χ0) is 23.7. The van der Waals surface area contributed by atoms with Crippen LogP contribution in [0, 0.1) is 0 Å². The maximum atomic E-state index is 12.6. The first kappa shape index (κ1) is 24.7. The van der Waals surface area contributed by atoms with Crippen molar-refractivity contribution in [2.24, 2.45) is 0 Å². The normalized spacial score (nSPS) is 11.9. The molecule has 2 aromatic rings. The highest BCUT2D eigenvalue weighted by atomic mass is 19.4. The summed E-state index contributed by atoms with van der Waals surface area (Å²) in [5, 5.41) is 0. The Morgan fingerprint density at radius 2 is 1.53 bits per heavy atom. The highest BCUT2D eigenvalue weighted by molar-refractivity contribution is 6.34. The van der Waals surface area contributed by atoms with Crippen LogP contribution in [0.4, 0.5) is 13.2 Å². The summed E-state index contributed by atoms with van der Waals surface area (Å²) < 4.78 is 57.8. The number of halogens is 3. The predicted octanol–water partition coefficient (Wildman–Crippen LogP) is 3.73. The summed E-state index contributed by atoms with van der Waals surface area (Å²) in [6, 6.07) is 11.1. The standard InChI is InChI=1S/C22H21F3O7/c1-14(11-20(27)31-13-19(26)21(28)29-2)32-18-9-7-17(8-10-18)30-12-15-3-5-16(6-4-15)22(23,24)25/h3-10,14H,11-13H2,1-2H3. The fraction of sp³-hybridized carbons (Fsp3) is 0.318. The molecule has 2 aromatic carbocycles. The van der Waals surface area contributed by atoms with Crippen LogP contribution in [0.25, 0.3) is 0 Å². The van der Waals surface area contributed by atoms with E-state index in [0.29, 0.717) is 17.1 Å². The van der Waals surface area contributed by atoms with Crippen LogP contribution < -0.4 is 9.47 Å². The number of esters is 2. The Kier molecular flexibility index (Phi) is 8.62. The second kappa shape index (κ2) is 11.2. The van der Waals surface area contributed by atoms with Gasteiger partial charge >= 0.3 is 18.1 Å². The van der Waals surface area contributed by atoms with Crippen LogP contribution in [-0.4, -0.2) is 37.5 Å². The van der Waals surface area contributed by atoms with Crippen LogP contribution in [0.15, 0.2) is 48.5 Å². The minimum atomic E-state index is -4.39. The van der Waals surface area contributed by atoms with Crippen LogP contribution in [0.3, 0.4) is 0 Å². The maximum absolute atomic E-state index is 12.6. The summed E-state index contributed by atoms with van der Waals surface area (Å²) in [7, 11) is 1.04. The molecule has 1 atom stereocenters. The molecule has 1 unspecified atom stereocenters. The minimum absolute atomic E-state index is 0.0882. The molecule has 0 amide bonds. The largest absolute Gasteiger partial charge is 0.490 e. The lowest BCUT2D eigenvalue weighted by Gasteiger charge is -2.14. The number of Topliss-reactive ketones (excluding diaryl/α,β-unsaturated/α-hetero) is 1. The van der Waals surface area contributed by atoms with E-state index in [1.807, 2.05) is 0 Å². The number of benzene rings is 2. The number of carbonyl (C=O) groups excluding carboxylic acids is 3. The number of alkyl halides is 3. The molecule has 0 aliphatic heterocycles. The Morgan fingerprint density at radius 1 is 0.938 bits per heavy atom. The van der Waals surface area contributed by atoms with Gasteiger partial charge in [-0.15, -0.1) is 0 Å². The third kappa shape index (κ3) is 7.93. The maximum Gasteiger partial charge on any atom is 0.416 e. The number of carbonyl (C=O) groups is 3. The lowest BCUT2D eigenvalue weighted by atomic mass is 10.1. The van der Waals surface area contributed by atoms with Crippen molar-refractivity contribution in [3.05, 3.63) is 59.7 Å². The van der Waals surface area contributed by atoms with E-state index in [2.05, 4.69) is 4.74 Å². The molecule has 0 saturated heterocycles. The molecule has 172 valence electrons. The van der Waals surface area contributed by atoms with Crippen molar-refractivity contribution in [2.75, 3.05) is 13.7 Å². The number of rotatable bonds is 10. The first-order chi connectivity index (χ1) is 15.1. The zero-order valence-electron chi connectivity index (χ0n) is 17.3. The van der Waals surface area contributed by atoms with Crippen LogP contribution in [0.1, 0.15) is 24.5 Å². The summed E-state index contributed by atoms with van der Waals surface area (Å²) in [4.78, 5) is 33.9. The first-order valence-electron chi connectivity index (χ1n) is 9.41. The van der Waals surface area contributed by atoms with Crippen LogP contribution >= 0.6 is 0 Å². The van der Waals surface area contributed by atoms with E-state index < -0.39 is 42.2 Å². The van der Waals surface area contributed by atoms with E-state index in [1.165, 1.54) is 12.1 Å². The lowest BCUT2D eigenvalue weighted by molar-refractivity contribution is -0.158. The Morgan fingerprint density at radius 3 is 2.09 bits per heavy atom. The van der Waals surface area contributed by atoms with E-state index in [-0.39, 0.29) is 13.0 Å². The van der Waals surface area contributed by atoms with Crippen molar-refractivity contribution in [3.8, 4) is 11.5 Å². The average molecular weight is 454 g/mol. The molecule has 7 nitrogen and oxygen atoms in total. The van der Waals surface area contributed by atoms with E-state index in [4.69, 9.17) is 14.2 Å². The average Bonchev–Trinajstić information content (AvgIpc) is 2.76. The summed E-state index contributed by atoms with van der Waals surface area (Å²) in [6.07, 6.45) is -5.11. The van der Waals surface area contributed by atoms with Crippen molar-refractivity contribution < 1.29 is 46.5 Å². The Hall–Kier alpha value is -3.56. The fourth-order valence-corrected chi connectivity index (χ4v) is 2.46. The fourth-order valence-electron chi connectivity index (χ4n) is 2.46. The molecule has 0 radical (unpaired) electrons. The highest BCUT2D eigenvalue weighted by Gasteiger charge is 2.29. The van der Waals surface area contributed by atoms with Crippen LogP contribution in [0.5, 0.6) is 11.5 Å². The third-order valence-electron chi connectivity index (χ3n) is 4.08. The summed E-state index contributed by atoms with van der Waals surface area (Å²) in [6.45, 7) is 1.01. The van der Waals surface area contributed by atoms with Crippen molar-refractivity contribution in [2.45, 2.75) is 32.2 Å². The first-order valence-corrected chi connectivity index (χ1v) is 9.41. The molecule has 10 heteroatoms. The van der Waals surface area contributed by atoms with Gasteiger partial charge in [0.25, 0.3) is 5.78 Å². The quantitative estimate of drug-likeness (QED) is 0.399. The summed E-state index contributed by atoms with van der Waals surface area (Å²) in [5.41, 5.74) is -0.146. The van der Waals surface area contributed by atoms with Gasteiger partial charge in [0.2, 0.25) is 0 Å². The third-order valence-corrected chi connectivity index (χ3v) is 4.08. The number of methoxy groups -OCH3 is 1. The monoisotopic (exact) mass is 454 g/mol. The molecule has 0 aliphatic rings. The van der Waals surface area contributed by atoms with Gasteiger partial charge in [0, 0.05) is 0 Å². The number of hydrogen-bond donors (Lipinski definition) is 0. The molecule has 0 N–H and O–H groups in total. The predicted molar refractivity (Wildman–Crippen MR) is 105 cm³/mol. The molecule has 0 heterocycles. The molecule has 0 aromatic heterocycles. The molecule has 0 saturated carbocycles. The lowest BCUT2D eigenvalue weighted by Crippen LogP contribution is -2.25. The topological polar surface area (TPSA) is 88.1 Å². The molecule has 0 spiro atoms. The minimum Gasteiger partial charge on any atom is -0.490 e. The van der Waals surface area contributed by atoms with Gasteiger partial charge in [0.05, 0.1) is 19.1 Å². The van der Waals surface area contributed by atoms with Gasteiger partial charge in [-0.2, -0.15) is 13.2 Å². The molecule has 32 heavy (non-hydrogen) atoms. The smallest absolute Gasteiger partial charge is 0.416 e. The molecule has 0 fully saturated rings. The van der Waals surface area contributed by atoms with Gasteiger partial charge in [-0.25, -0.2) is 4.79 Å². The van der Waals surface area contributed by atoms with Crippen molar-refractivity contribution in [1.82, 2.24) is 0 Å². The number of hydrogen-bond acceptors (Lipinski definition) is 7. The second-order valence-corrected chi connectivity index (χ2v) is 6.66. The van der Waals surface area contributed by atoms with Gasteiger partial charge < -0.3 is 18.9 Å². The van der Waals surface area contributed by atoms with Crippen LogP contribution in [0.2, 0.25) is 0 Å². The molecule has 0 bridgehead atoms. The zero-order valence-corrected chi connectivity index (χ0v) is 17.3. The van der Waals surface area contributed by atoms with E-state index in [9.17, 15) is 27.6 Å². The van der Waals surface area contributed by atoms with Crippen molar-refractivity contribution in [3.63, 3.8) is 0 Å². The summed E-state index contributed by atoms with van der Waals surface area (Å²) >= 11 is 0. The molecular formula is C22H21F3O7. The number of ketones is 1. The second-order valence-electron chi connectivity index (χ2n) is 6.66. The van der Waals surface area contributed by atoms with Crippen LogP contribution in [-0.2, 0) is 36.6 Å². The van der Waals surface area contributed by atoms with Gasteiger partial charge in [-0.1, -0.05) is 12.1 Å². The van der Waals surface area contributed by atoms with Crippen molar-refractivity contribution in [1.29, 1.82) is 0 Å². The molecular weight excluding hydrogens is 433 g/mol. The van der Waals surface area contributed by atoms with E-state index >= 15 is 0 Å². The summed E-state index contributed by atoms with van der Waals surface area (Å²) in [5.74, 6) is -1.86. The van der Waals surface area contributed by atoms with Gasteiger partial charge in [0.15, 0.2) is 6.61 Å². The SMILES string of the molecule is COC(=O)C(=O)COC(=O)CC(C)Oc1ccc(OCc2ccc(C(F)(F)F)cc2)cc1. The van der Waals surface area contributed by atoms with Crippen molar-refractivity contribution >= 4 is 17.7 Å². The highest BCUT2D eigenvalue weighted by Crippen LogP contribution is 2.29. The van der Waals surface area contributed by atoms with Gasteiger partial charge in [-0.05, 0) is 48.9 Å². The van der Waals surface area contributed by atoms with Gasteiger partial charge in [0.1, 0.15) is 24.2 Å². The Labute approximate surface area is 182 Å². The Bertz CT molecular complexity index is 922. The molecule has 2 rings (SSSR count). The Balaban J connectivity index is 1.77. The van der Waals surface area contributed by atoms with E-state index in [0.717, 1.165) is 19.2 Å².